The van der Waals surface area contributed by atoms with E-state index in [0.29, 0.717) is 64.3 Å². The van der Waals surface area contributed by atoms with Crippen molar-refractivity contribution in [2.24, 2.45) is 11.8 Å². The van der Waals surface area contributed by atoms with Crippen LogP contribution < -0.4 is 14.8 Å². The lowest BCUT2D eigenvalue weighted by Gasteiger charge is -2.23. The maximum atomic E-state index is 14.7. The van der Waals surface area contributed by atoms with Gasteiger partial charge in [-0.3, -0.25) is 9.78 Å². The topological polar surface area (TPSA) is 64.8 Å². The molecule has 1 N–H and O–H groups in total. The number of nitrogens with one attached hydrogen (secondary N) is 1. The lowest BCUT2D eigenvalue weighted by atomic mass is 9.99. The number of benzene rings is 2. The van der Waals surface area contributed by atoms with E-state index in [-0.39, 0.29) is 12.2 Å². The number of fused-ring (bicyclic) bond motifs is 1. The summed E-state index contributed by atoms with van der Waals surface area (Å²) in [4.78, 5) is 20.2. The molecule has 2 heterocycles. The first-order valence-corrected chi connectivity index (χ1v) is 12.2. The Morgan fingerprint density at radius 3 is 2.66 bits per heavy atom. The molecular weight excluding hydrogens is 445 g/mol. The van der Waals surface area contributed by atoms with E-state index < -0.39 is 5.82 Å². The smallest absolute Gasteiger partial charge is 0.229 e. The second kappa shape index (κ2) is 10.4. The number of rotatable bonds is 9. The molecule has 0 unspecified atom stereocenters. The number of Topliss-reactive ketones (excluding diaryl/α,β-unsaturated/α-hetero) is 1. The Hall–Kier alpha value is -3.50. The van der Waals surface area contributed by atoms with Crippen molar-refractivity contribution in [1.29, 1.82) is 0 Å². The van der Waals surface area contributed by atoms with Crippen LogP contribution in [0.25, 0.3) is 15.7 Å². The molecule has 0 spiro atoms. The SMILES string of the molecule is [C-]#[N+]c1cc2c(Oc3ccc(CC(=O)CC4CC4)c(F)c3)ccnc2cc1OCC1CCNCC1. The minimum Gasteiger partial charge on any atom is -0.504 e. The van der Waals surface area contributed by atoms with Gasteiger partial charge in [0.15, 0.2) is 0 Å². The van der Waals surface area contributed by atoms with Crippen molar-refractivity contribution < 1.29 is 18.7 Å². The van der Waals surface area contributed by atoms with E-state index in [2.05, 4.69) is 15.1 Å². The first kappa shape index (κ1) is 23.3. The molecule has 6 nitrogen and oxygen atoms in total. The van der Waals surface area contributed by atoms with E-state index in [1.807, 2.05) is 0 Å². The molecule has 1 aliphatic heterocycles. The number of piperidine rings is 1. The minimum atomic E-state index is -0.458. The summed E-state index contributed by atoms with van der Waals surface area (Å²) in [6.07, 6.45) is 6.57. The van der Waals surface area contributed by atoms with Crippen LogP contribution in [-0.2, 0) is 11.2 Å². The number of ketones is 1. The molecule has 5 rings (SSSR count). The molecule has 35 heavy (non-hydrogen) atoms. The number of hydrogen-bond donors (Lipinski definition) is 1. The minimum absolute atomic E-state index is 0.0741. The van der Waals surface area contributed by atoms with Crippen molar-refractivity contribution in [3.05, 3.63) is 65.4 Å². The lowest BCUT2D eigenvalue weighted by molar-refractivity contribution is -0.118. The summed E-state index contributed by atoms with van der Waals surface area (Å²) in [5.74, 6) is 1.89. The molecule has 3 aromatic rings. The molecule has 7 heteroatoms. The van der Waals surface area contributed by atoms with Crippen molar-refractivity contribution in [2.45, 2.75) is 38.5 Å². The van der Waals surface area contributed by atoms with E-state index in [1.54, 1.807) is 36.5 Å². The first-order chi connectivity index (χ1) is 17.1. The molecule has 1 saturated carbocycles. The van der Waals surface area contributed by atoms with Gasteiger partial charge in [-0.05, 0) is 80.4 Å². The number of ether oxygens (including phenoxy) is 2. The maximum absolute atomic E-state index is 14.7. The molecule has 0 amide bonds. The van der Waals surface area contributed by atoms with Crippen LogP contribution in [0, 0.1) is 24.2 Å². The number of pyridine rings is 1. The molecule has 1 aromatic heterocycles. The van der Waals surface area contributed by atoms with E-state index in [1.165, 1.54) is 6.07 Å². The van der Waals surface area contributed by atoms with Gasteiger partial charge in [0.05, 0.1) is 18.7 Å². The highest BCUT2D eigenvalue weighted by Gasteiger charge is 2.24. The Labute approximate surface area is 204 Å². The van der Waals surface area contributed by atoms with Gasteiger partial charge >= 0.3 is 0 Å². The summed E-state index contributed by atoms with van der Waals surface area (Å²) in [6, 6.07) is 9.75. The molecule has 2 aliphatic rings. The molecule has 1 aliphatic carbocycles. The fourth-order valence-corrected chi connectivity index (χ4v) is 4.48. The summed E-state index contributed by atoms with van der Waals surface area (Å²) < 4.78 is 26.7. The van der Waals surface area contributed by atoms with E-state index >= 15 is 0 Å². The number of carbonyl (C=O) groups is 1. The number of halogens is 1. The van der Waals surface area contributed by atoms with Gasteiger partial charge in [0.1, 0.15) is 28.8 Å². The average molecular weight is 474 g/mol. The molecule has 0 radical (unpaired) electrons. The molecular formula is C28H28FN3O3. The number of carbonyl (C=O) groups excluding carboxylic acids is 1. The van der Waals surface area contributed by atoms with Crippen LogP contribution in [0.1, 0.15) is 37.7 Å². The molecule has 1 saturated heterocycles. The zero-order chi connectivity index (χ0) is 24.2. The molecule has 2 aromatic carbocycles. The van der Waals surface area contributed by atoms with Gasteiger partial charge < -0.3 is 14.8 Å². The van der Waals surface area contributed by atoms with Crippen LogP contribution in [0.2, 0.25) is 0 Å². The van der Waals surface area contributed by atoms with Gasteiger partial charge in [0, 0.05) is 30.5 Å². The van der Waals surface area contributed by atoms with E-state index in [9.17, 15) is 9.18 Å². The second-order valence-electron chi connectivity index (χ2n) is 9.48. The monoisotopic (exact) mass is 473 g/mol. The average Bonchev–Trinajstić information content (AvgIpc) is 3.68. The van der Waals surface area contributed by atoms with Crippen molar-refractivity contribution in [2.75, 3.05) is 19.7 Å². The van der Waals surface area contributed by atoms with Crippen molar-refractivity contribution in [1.82, 2.24) is 10.3 Å². The van der Waals surface area contributed by atoms with Crippen molar-refractivity contribution in [3.8, 4) is 17.2 Å². The maximum Gasteiger partial charge on any atom is 0.229 e. The van der Waals surface area contributed by atoms with Gasteiger partial charge in [0.2, 0.25) is 5.69 Å². The Bertz CT molecular complexity index is 1280. The Balaban J connectivity index is 1.33. The van der Waals surface area contributed by atoms with Crippen LogP contribution in [0.15, 0.2) is 42.6 Å². The molecule has 180 valence electrons. The highest BCUT2D eigenvalue weighted by molar-refractivity contribution is 5.91. The molecule has 0 bridgehead atoms. The van der Waals surface area contributed by atoms with Crippen LogP contribution in [0.3, 0.4) is 0 Å². The van der Waals surface area contributed by atoms with Gasteiger partial charge in [-0.15, -0.1) is 0 Å². The normalized spacial score (nSPS) is 16.1. The summed E-state index contributed by atoms with van der Waals surface area (Å²) in [5, 5.41) is 3.99. The Kier molecular flexibility index (Phi) is 6.91. The largest absolute Gasteiger partial charge is 0.504 e. The Morgan fingerprint density at radius 2 is 1.91 bits per heavy atom. The molecule has 0 atom stereocenters. The van der Waals surface area contributed by atoms with Crippen LogP contribution >= 0.6 is 0 Å². The fourth-order valence-electron chi connectivity index (χ4n) is 4.48. The van der Waals surface area contributed by atoms with E-state index in [0.717, 1.165) is 38.8 Å². The third-order valence-electron chi connectivity index (χ3n) is 6.69. The van der Waals surface area contributed by atoms with E-state index in [4.69, 9.17) is 16.0 Å². The van der Waals surface area contributed by atoms with Gasteiger partial charge in [-0.25, -0.2) is 9.24 Å². The summed E-state index contributed by atoms with van der Waals surface area (Å²) in [6.45, 7) is 10.2. The second-order valence-corrected chi connectivity index (χ2v) is 9.48. The summed E-state index contributed by atoms with van der Waals surface area (Å²) in [5.41, 5.74) is 1.41. The van der Waals surface area contributed by atoms with Gasteiger partial charge in [0.25, 0.3) is 0 Å². The number of hydrogen-bond acceptors (Lipinski definition) is 5. The summed E-state index contributed by atoms with van der Waals surface area (Å²) >= 11 is 0. The third-order valence-corrected chi connectivity index (χ3v) is 6.69. The predicted octanol–water partition coefficient (Wildman–Crippen LogP) is 6.01. The van der Waals surface area contributed by atoms with Crippen LogP contribution in [0.5, 0.6) is 17.2 Å². The summed E-state index contributed by atoms with van der Waals surface area (Å²) in [7, 11) is 0. The number of nitrogens with zero attached hydrogens (tertiary/aromatic N) is 2. The highest BCUT2D eigenvalue weighted by Crippen LogP contribution is 2.38. The lowest BCUT2D eigenvalue weighted by Crippen LogP contribution is -2.30. The Morgan fingerprint density at radius 1 is 1.09 bits per heavy atom. The van der Waals surface area contributed by atoms with Crippen molar-refractivity contribution >= 4 is 22.4 Å². The van der Waals surface area contributed by atoms with Crippen LogP contribution in [-0.4, -0.2) is 30.5 Å². The standard InChI is InChI=1S/C28H28FN3O3/c1-30-26-15-23-25(16-28(26)34-17-19-6-9-31-10-7-19)32-11-8-27(23)35-22-5-4-20(24(29)14-22)13-21(33)12-18-2-3-18/h4-5,8,11,14-16,18-19,31H,2-3,6-7,9-10,12-13,17H2. The first-order valence-electron chi connectivity index (χ1n) is 12.2. The van der Waals surface area contributed by atoms with Gasteiger partial charge in [-0.1, -0.05) is 6.07 Å². The van der Waals surface area contributed by atoms with Crippen LogP contribution in [0.4, 0.5) is 10.1 Å². The quantitative estimate of drug-likeness (QED) is 0.386. The van der Waals surface area contributed by atoms with Gasteiger partial charge in [-0.2, -0.15) is 0 Å². The van der Waals surface area contributed by atoms with Crippen molar-refractivity contribution in [3.63, 3.8) is 0 Å². The zero-order valence-corrected chi connectivity index (χ0v) is 19.6. The predicted molar refractivity (Wildman–Crippen MR) is 132 cm³/mol. The third kappa shape index (κ3) is 5.77. The molecule has 2 fully saturated rings. The fraction of sp³-hybridized carbons (Fsp3) is 0.393. The zero-order valence-electron chi connectivity index (χ0n) is 19.6. The number of aromatic nitrogens is 1. The highest BCUT2D eigenvalue weighted by atomic mass is 19.1.